The summed E-state index contributed by atoms with van der Waals surface area (Å²) in [5.41, 5.74) is 1.70. The average molecular weight is 569 g/mol. The molecule has 0 spiro atoms. The summed E-state index contributed by atoms with van der Waals surface area (Å²) in [5.74, 6) is -5.13. The monoisotopic (exact) mass is 568 g/mol. The van der Waals surface area contributed by atoms with Crippen LogP contribution in [0, 0.1) is 17.8 Å². The molecule has 2 saturated heterocycles. The Morgan fingerprint density at radius 3 is 2.38 bits per heavy atom. The van der Waals surface area contributed by atoms with Gasteiger partial charge in [-0.05, 0) is 30.4 Å². The highest BCUT2D eigenvalue weighted by Crippen LogP contribution is 2.66. The van der Waals surface area contributed by atoms with Gasteiger partial charge in [0.25, 0.3) is 11.8 Å². The second kappa shape index (κ2) is 8.83. The number of rotatable bonds is 4. The molecule has 0 unspecified atom stereocenters. The van der Waals surface area contributed by atoms with E-state index in [1.165, 1.54) is 19.1 Å². The van der Waals surface area contributed by atoms with Crippen molar-refractivity contribution in [2.24, 2.45) is 17.8 Å². The van der Waals surface area contributed by atoms with E-state index in [-0.39, 0.29) is 48.3 Å². The first kappa shape index (κ1) is 25.9. The van der Waals surface area contributed by atoms with Crippen LogP contribution in [0.4, 0.5) is 0 Å². The van der Waals surface area contributed by atoms with Crippen molar-refractivity contribution >= 4 is 46.8 Å². The van der Waals surface area contributed by atoms with Crippen LogP contribution in [0.3, 0.4) is 0 Å². The smallest absolute Gasteiger partial charge is 0.253 e. The van der Waals surface area contributed by atoms with Gasteiger partial charge in [-0.3, -0.25) is 29.0 Å². The second-order valence-corrected chi connectivity index (χ2v) is 11.9. The third kappa shape index (κ3) is 3.31. The second-order valence-electron chi connectivity index (χ2n) is 10.6. The molecule has 2 aliphatic carbocycles. The summed E-state index contributed by atoms with van der Waals surface area (Å²) in [4.78, 5) is 52.8. The van der Waals surface area contributed by atoms with Gasteiger partial charge in [-0.25, -0.2) is 0 Å². The minimum atomic E-state index is -1.96. The Morgan fingerprint density at radius 1 is 0.974 bits per heavy atom. The van der Waals surface area contributed by atoms with Crippen molar-refractivity contribution in [3.8, 4) is 11.5 Å². The SMILES string of the molecule is COc1cccc([C@H]2C3=CC[C@@H]4C(=O)N(Cc5ccccc5)C(=O)[C@@H]4[C@@H]3C[C@@]3(Cl)C(=O)N(C)C(=O)[C@@]23Cl)c1O. The number of alkyl halides is 2. The molecule has 39 heavy (non-hydrogen) atoms. The fraction of sp³-hybridized carbons (Fsp3) is 0.379. The lowest BCUT2D eigenvalue weighted by molar-refractivity contribution is -0.141. The fourth-order valence-electron chi connectivity index (χ4n) is 7.01. The molecule has 6 rings (SSSR count). The lowest BCUT2D eigenvalue weighted by atomic mass is 9.56. The molecule has 202 valence electrons. The maximum absolute atomic E-state index is 13.9. The number of benzene rings is 2. The third-order valence-corrected chi connectivity index (χ3v) is 10.3. The summed E-state index contributed by atoms with van der Waals surface area (Å²) in [5, 5.41) is 11.2. The number of likely N-dealkylation sites (tertiary alicyclic amines) is 2. The average Bonchev–Trinajstić information content (AvgIpc) is 3.24. The summed E-state index contributed by atoms with van der Waals surface area (Å²) in [6, 6.07) is 14.1. The Hall–Kier alpha value is -3.36. The number of methoxy groups -OCH3 is 1. The van der Waals surface area contributed by atoms with Crippen molar-refractivity contribution in [2.45, 2.75) is 35.1 Å². The van der Waals surface area contributed by atoms with E-state index in [2.05, 4.69) is 0 Å². The normalized spacial score (nSPS) is 33.6. The molecule has 0 radical (unpaired) electrons. The number of ether oxygens (including phenoxy) is 1. The van der Waals surface area contributed by atoms with E-state index in [0.29, 0.717) is 5.57 Å². The molecule has 3 fully saturated rings. The zero-order chi connectivity index (χ0) is 27.9. The van der Waals surface area contributed by atoms with Crippen molar-refractivity contribution in [3.05, 3.63) is 71.3 Å². The van der Waals surface area contributed by atoms with Gasteiger partial charge in [0.05, 0.1) is 25.5 Å². The third-order valence-electron chi connectivity index (χ3n) is 8.85. The lowest BCUT2D eigenvalue weighted by Crippen LogP contribution is -2.60. The zero-order valence-electron chi connectivity index (χ0n) is 21.3. The van der Waals surface area contributed by atoms with Gasteiger partial charge in [-0.15, -0.1) is 23.2 Å². The number of phenolic OH excluding ortho intramolecular Hbond substituents is 1. The first-order valence-corrected chi connectivity index (χ1v) is 13.5. The van der Waals surface area contributed by atoms with E-state index in [4.69, 9.17) is 27.9 Å². The van der Waals surface area contributed by atoms with Crippen LogP contribution < -0.4 is 4.74 Å². The number of halogens is 2. The molecule has 0 bridgehead atoms. The molecule has 0 aromatic heterocycles. The number of imide groups is 2. The summed E-state index contributed by atoms with van der Waals surface area (Å²) < 4.78 is 5.31. The van der Waals surface area contributed by atoms with Crippen molar-refractivity contribution in [2.75, 3.05) is 14.2 Å². The van der Waals surface area contributed by atoms with E-state index in [9.17, 15) is 24.3 Å². The minimum Gasteiger partial charge on any atom is -0.504 e. The highest BCUT2D eigenvalue weighted by molar-refractivity contribution is 6.53. The Morgan fingerprint density at radius 2 is 1.69 bits per heavy atom. The molecule has 6 atom stereocenters. The molecule has 2 aromatic rings. The fourth-order valence-corrected chi connectivity index (χ4v) is 8.02. The predicted molar refractivity (Wildman–Crippen MR) is 142 cm³/mol. The Bertz CT molecular complexity index is 1460. The maximum Gasteiger partial charge on any atom is 0.253 e. The number of para-hydroxylation sites is 1. The number of fused-ring (bicyclic) bond motifs is 4. The van der Waals surface area contributed by atoms with Gasteiger partial charge in [0.1, 0.15) is 0 Å². The molecule has 8 nitrogen and oxygen atoms in total. The predicted octanol–water partition coefficient (Wildman–Crippen LogP) is 3.59. The van der Waals surface area contributed by atoms with Gasteiger partial charge in [0.15, 0.2) is 21.2 Å². The number of nitrogens with zero attached hydrogens (tertiary/aromatic N) is 2. The number of hydrogen-bond acceptors (Lipinski definition) is 6. The first-order chi connectivity index (χ1) is 18.6. The molecule has 10 heteroatoms. The summed E-state index contributed by atoms with van der Waals surface area (Å²) in [6.45, 7) is 0.138. The maximum atomic E-state index is 13.9. The van der Waals surface area contributed by atoms with E-state index < -0.39 is 45.2 Å². The van der Waals surface area contributed by atoms with Gasteiger partial charge < -0.3 is 9.84 Å². The van der Waals surface area contributed by atoms with Gasteiger partial charge >= 0.3 is 0 Å². The molecule has 1 N–H and O–H groups in total. The Labute approximate surface area is 235 Å². The van der Waals surface area contributed by atoms with Crippen LogP contribution in [-0.2, 0) is 25.7 Å². The van der Waals surface area contributed by atoms with Crippen LogP contribution in [-0.4, -0.2) is 62.4 Å². The molecular formula is C29H26Cl2N2O6. The number of hydrogen-bond donors (Lipinski definition) is 1. The van der Waals surface area contributed by atoms with Crippen LogP contribution in [0.15, 0.2) is 60.2 Å². The van der Waals surface area contributed by atoms with Gasteiger partial charge in [-0.1, -0.05) is 54.1 Å². The lowest BCUT2D eigenvalue weighted by Gasteiger charge is -2.50. The van der Waals surface area contributed by atoms with E-state index in [1.54, 1.807) is 18.2 Å². The number of phenols is 1. The minimum absolute atomic E-state index is 0.0978. The summed E-state index contributed by atoms with van der Waals surface area (Å²) in [7, 11) is 2.73. The number of carbonyl (C=O) groups is 4. The quantitative estimate of drug-likeness (QED) is 0.343. The molecule has 2 aromatic carbocycles. The number of carbonyl (C=O) groups excluding carboxylic acids is 4. The molecule has 4 aliphatic rings. The number of allylic oxidation sites excluding steroid dienone is 2. The summed E-state index contributed by atoms with van der Waals surface area (Å²) in [6.07, 6.45) is 2.00. The van der Waals surface area contributed by atoms with E-state index in [0.717, 1.165) is 10.5 Å². The van der Waals surface area contributed by atoms with Crippen LogP contribution in [0.1, 0.15) is 29.9 Å². The van der Waals surface area contributed by atoms with Crippen LogP contribution in [0.25, 0.3) is 0 Å². The topological polar surface area (TPSA) is 104 Å². The Kier molecular flexibility index (Phi) is 5.86. The molecule has 4 amide bonds. The molecule has 2 heterocycles. The zero-order valence-corrected chi connectivity index (χ0v) is 22.8. The molecule has 1 saturated carbocycles. The van der Waals surface area contributed by atoms with Crippen LogP contribution in [0.5, 0.6) is 11.5 Å². The Balaban J connectivity index is 1.50. The molecule has 2 aliphatic heterocycles. The number of amides is 4. The highest BCUT2D eigenvalue weighted by Gasteiger charge is 2.76. The van der Waals surface area contributed by atoms with Crippen LogP contribution in [0.2, 0.25) is 0 Å². The van der Waals surface area contributed by atoms with E-state index in [1.807, 2.05) is 36.4 Å². The standard InChI is InChI=1S/C29H26Cl2N2O6/c1-32-26(37)28(30)13-19-16(22(29(28,31)27(32)38)18-9-6-10-20(39-2)23(18)34)11-12-17-21(19)25(36)33(24(17)35)14-15-7-4-3-5-8-15/h3-11,17,19,21-22,34H,12-14H2,1-2H3/t17-,19+,21-,22+,28+,29-/m0/s1. The van der Waals surface area contributed by atoms with Gasteiger partial charge in [0, 0.05) is 18.5 Å². The van der Waals surface area contributed by atoms with Gasteiger partial charge in [0.2, 0.25) is 11.8 Å². The molecular weight excluding hydrogens is 543 g/mol. The highest BCUT2D eigenvalue weighted by atomic mass is 35.5. The number of aromatic hydroxyl groups is 1. The first-order valence-electron chi connectivity index (χ1n) is 12.7. The largest absolute Gasteiger partial charge is 0.504 e. The van der Waals surface area contributed by atoms with Gasteiger partial charge in [-0.2, -0.15) is 0 Å². The van der Waals surface area contributed by atoms with Crippen molar-refractivity contribution in [3.63, 3.8) is 0 Å². The summed E-state index contributed by atoms with van der Waals surface area (Å²) >= 11 is 14.3. The van der Waals surface area contributed by atoms with Crippen molar-refractivity contribution in [1.29, 1.82) is 0 Å². The van der Waals surface area contributed by atoms with Crippen molar-refractivity contribution < 1.29 is 29.0 Å². The van der Waals surface area contributed by atoms with Crippen molar-refractivity contribution in [1.82, 2.24) is 9.80 Å². The van der Waals surface area contributed by atoms with E-state index >= 15 is 0 Å². The van der Waals surface area contributed by atoms with Crippen LogP contribution >= 0.6 is 23.2 Å².